The molecule has 1 aliphatic rings. The van der Waals surface area contributed by atoms with Crippen LogP contribution in [0.5, 0.6) is 11.5 Å². The van der Waals surface area contributed by atoms with E-state index in [1.165, 1.54) is 13.2 Å². The summed E-state index contributed by atoms with van der Waals surface area (Å²) in [4.78, 5) is 0. The highest BCUT2D eigenvalue weighted by Crippen LogP contribution is 2.38. The van der Waals surface area contributed by atoms with Gasteiger partial charge in [0, 0.05) is 0 Å². The van der Waals surface area contributed by atoms with E-state index in [0.717, 1.165) is 38.1 Å². The Balaban J connectivity index is 2.28. The number of hydrogen-bond donors (Lipinski definition) is 1. The van der Waals surface area contributed by atoms with Crippen molar-refractivity contribution in [3.8, 4) is 11.5 Å². The lowest BCUT2D eigenvalue weighted by Crippen LogP contribution is -2.43. The monoisotopic (exact) mass is 289 g/mol. The van der Waals surface area contributed by atoms with Gasteiger partial charge in [-0.2, -0.15) is 13.2 Å². The van der Waals surface area contributed by atoms with Crippen LogP contribution in [0.1, 0.15) is 25.3 Å². The second-order valence-electron chi connectivity index (χ2n) is 5.17. The highest BCUT2D eigenvalue weighted by atomic mass is 19.4. The Kier molecular flexibility index (Phi) is 4.13. The van der Waals surface area contributed by atoms with Crippen molar-refractivity contribution in [1.82, 2.24) is 5.32 Å². The Bertz CT molecular complexity index is 468. The van der Waals surface area contributed by atoms with E-state index in [9.17, 15) is 13.2 Å². The maximum atomic E-state index is 12.8. The van der Waals surface area contributed by atoms with Gasteiger partial charge < -0.3 is 14.8 Å². The van der Waals surface area contributed by atoms with Crippen molar-refractivity contribution in [1.29, 1.82) is 0 Å². The number of rotatable bonds is 3. The van der Waals surface area contributed by atoms with E-state index in [1.807, 2.05) is 6.92 Å². The van der Waals surface area contributed by atoms with Gasteiger partial charge in [0.15, 0.2) is 11.5 Å². The molecule has 1 heterocycles. The third-order valence-corrected chi connectivity index (χ3v) is 3.51. The van der Waals surface area contributed by atoms with Crippen LogP contribution in [-0.2, 0) is 6.18 Å². The molecular formula is C14H18F3NO2. The summed E-state index contributed by atoms with van der Waals surface area (Å²) in [5, 5.41) is 3.20. The van der Waals surface area contributed by atoms with Crippen LogP contribution in [0.4, 0.5) is 13.2 Å². The van der Waals surface area contributed by atoms with Gasteiger partial charge in [-0.05, 0) is 51.1 Å². The Hall–Kier alpha value is -1.43. The first-order chi connectivity index (χ1) is 9.34. The van der Waals surface area contributed by atoms with Gasteiger partial charge in [-0.25, -0.2) is 0 Å². The molecule has 0 aliphatic carbocycles. The molecule has 0 aromatic heterocycles. The number of methoxy groups -OCH3 is 1. The van der Waals surface area contributed by atoms with E-state index in [-0.39, 0.29) is 5.75 Å². The molecular weight excluding hydrogens is 271 g/mol. The lowest BCUT2D eigenvalue weighted by Gasteiger charge is -2.35. The Morgan fingerprint density at radius 2 is 1.80 bits per heavy atom. The number of nitrogens with one attached hydrogen (secondary N) is 1. The minimum atomic E-state index is -4.39. The quantitative estimate of drug-likeness (QED) is 0.926. The number of halogens is 3. The van der Waals surface area contributed by atoms with Gasteiger partial charge in [0.05, 0.1) is 12.7 Å². The minimum Gasteiger partial charge on any atom is -0.493 e. The van der Waals surface area contributed by atoms with E-state index < -0.39 is 17.3 Å². The number of benzene rings is 1. The van der Waals surface area contributed by atoms with Crippen molar-refractivity contribution < 1.29 is 22.6 Å². The Morgan fingerprint density at radius 1 is 1.15 bits per heavy atom. The van der Waals surface area contributed by atoms with Gasteiger partial charge in [0.25, 0.3) is 0 Å². The molecule has 0 amide bonds. The van der Waals surface area contributed by atoms with Crippen molar-refractivity contribution in [2.75, 3.05) is 20.2 Å². The molecule has 0 atom stereocenters. The summed E-state index contributed by atoms with van der Waals surface area (Å²) in [7, 11) is 1.42. The lowest BCUT2D eigenvalue weighted by molar-refractivity contribution is -0.137. The van der Waals surface area contributed by atoms with Crippen molar-refractivity contribution in [2.45, 2.75) is 31.5 Å². The molecule has 0 spiro atoms. The van der Waals surface area contributed by atoms with Crippen LogP contribution in [0.25, 0.3) is 0 Å². The van der Waals surface area contributed by atoms with Crippen molar-refractivity contribution in [2.24, 2.45) is 0 Å². The number of hydrogen-bond acceptors (Lipinski definition) is 3. The Morgan fingerprint density at radius 3 is 2.35 bits per heavy atom. The molecule has 3 nitrogen and oxygen atoms in total. The summed E-state index contributed by atoms with van der Waals surface area (Å²) in [6.07, 6.45) is -2.90. The predicted octanol–water partition coefficient (Wildman–Crippen LogP) is 3.23. The molecule has 1 saturated heterocycles. The molecule has 1 N–H and O–H groups in total. The zero-order valence-electron chi connectivity index (χ0n) is 11.5. The fourth-order valence-electron chi connectivity index (χ4n) is 2.26. The van der Waals surface area contributed by atoms with Gasteiger partial charge in [0.1, 0.15) is 5.60 Å². The first kappa shape index (κ1) is 15.0. The predicted molar refractivity (Wildman–Crippen MR) is 69.1 cm³/mol. The standard InChI is InChI=1S/C14H18F3NO2/c1-13(5-7-18-8-6-13)20-12-9-10(14(15,16)17)3-4-11(12)19-2/h3-4,9,18H,5-8H2,1-2H3. The Labute approximate surface area is 116 Å². The van der Waals surface area contributed by atoms with Crippen LogP contribution >= 0.6 is 0 Å². The van der Waals surface area contributed by atoms with Gasteiger partial charge in [0.2, 0.25) is 0 Å². The molecule has 1 aromatic carbocycles. The molecule has 1 aliphatic heterocycles. The fourth-order valence-corrected chi connectivity index (χ4v) is 2.26. The zero-order valence-corrected chi connectivity index (χ0v) is 11.5. The second-order valence-corrected chi connectivity index (χ2v) is 5.17. The normalized spacial score (nSPS) is 18.6. The fraction of sp³-hybridized carbons (Fsp3) is 0.571. The molecule has 0 bridgehead atoms. The highest BCUT2D eigenvalue weighted by molar-refractivity contribution is 5.44. The summed E-state index contributed by atoms with van der Waals surface area (Å²) < 4.78 is 49.2. The summed E-state index contributed by atoms with van der Waals surface area (Å²) in [5.41, 5.74) is -1.20. The average molecular weight is 289 g/mol. The molecule has 112 valence electrons. The second kappa shape index (κ2) is 5.52. The summed E-state index contributed by atoms with van der Waals surface area (Å²) in [5.74, 6) is 0.462. The lowest BCUT2D eigenvalue weighted by atomic mass is 9.94. The van der Waals surface area contributed by atoms with E-state index in [1.54, 1.807) is 0 Å². The van der Waals surface area contributed by atoms with Gasteiger partial charge in [-0.1, -0.05) is 0 Å². The summed E-state index contributed by atoms with van der Waals surface area (Å²) in [6.45, 7) is 3.49. The summed E-state index contributed by atoms with van der Waals surface area (Å²) in [6, 6.07) is 3.30. The molecule has 20 heavy (non-hydrogen) atoms. The maximum absolute atomic E-state index is 12.8. The third-order valence-electron chi connectivity index (χ3n) is 3.51. The van der Waals surface area contributed by atoms with Gasteiger partial charge in [-0.3, -0.25) is 0 Å². The molecule has 0 radical (unpaired) electrons. The number of alkyl halides is 3. The van der Waals surface area contributed by atoms with Crippen LogP contribution in [-0.4, -0.2) is 25.8 Å². The maximum Gasteiger partial charge on any atom is 0.416 e. The largest absolute Gasteiger partial charge is 0.493 e. The molecule has 0 unspecified atom stereocenters. The van der Waals surface area contributed by atoms with E-state index in [2.05, 4.69) is 5.32 Å². The SMILES string of the molecule is COc1ccc(C(F)(F)F)cc1OC1(C)CCNCC1. The van der Waals surface area contributed by atoms with Crippen molar-refractivity contribution in [3.05, 3.63) is 23.8 Å². The molecule has 0 saturated carbocycles. The van der Waals surface area contributed by atoms with Crippen molar-refractivity contribution >= 4 is 0 Å². The topological polar surface area (TPSA) is 30.5 Å². The molecule has 6 heteroatoms. The molecule has 2 rings (SSSR count). The zero-order chi connectivity index (χ0) is 14.8. The van der Waals surface area contributed by atoms with Crippen LogP contribution in [0.2, 0.25) is 0 Å². The van der Waals surface area contributed by atoms with Gasteiger partial charge >= 0.3 is 6.18 Å². The van der Waals surface area contributed by atoms with Crippen molar-refractivity contribution in [3.63, 3.8) is 0 Å². The third kappa shape index (κ3) is 3.36. The average Bonchev–Trinajstić information content (AvgIpc) is 2.38. The highest BCUT2D eigenvalue weighted by Gasteiger charge is 2.34. The van der Waals surface area contributed by atoms with Crippen LogP contribution < -0.4 is 14.8 Å². The van der Waals surface area contributed by atoms with E-state index >= 15 is 0 Å². The van der Waals surface area contributed by atoms with E-state index in [4.69, 9.17) is 9.47 Å². The van der Waals surface area contributed by atoms with Crippen LogP contribution in [0.3, 0.4) is 0 Å². The van der Waals surface area contributed by atoms with Crippen LogP contribution in [0.15, 0.2) is 18.2 Å². The number of ether oxygens (including phenoxy) is 2. The molecule has 1 fully saturated rings. The molecule has 1 aromatic rings. The van der Waals surface area contributed by atoms with Crippen LogP contribution in [0, 0.1) is 0 Å². The first-order valence-electron chi connectivity index (χ1n) is 6.49. The summed E-state index contributed by atoms with van der Waals surface area (Å²) >= 11 is 0. The minimum absolute atomic E-state index is 0.145. The number of piperidine rings is 1. The smallest absolute Gasteiger partial charge is 0.416 e. The van der Waals surface area contributed by atoms with Gasteiger partial charge in [-0.15, -0.1) is 0 Å². The van der Waals surface area contributed by atoms with E-state index in [0.29, 0.717) is 5.75 Å². The first-order valence-corrected chi connectivity index (χ1v) is 6.49.